The Morgan fingerprint density at radius 1 is 1.42 bits per heavy atom. The number of anilines is 1. The lowest BCUT2D eigenvalue weighted by Crippen LogP contribution is -2.26. The number of aromatic amines is 1. The third-order valence-corrected chi connectivity index (χ3v) is 2.84. The molecule has 1 amide bonds. The largest absolute Gasteiger partial charge is 0.497 e. The number of benzene rings is 1. The average molecular weight is 259 g/mol. The molecule has 1 heterocycles. The molecule has 0 saturated heterocycles. The number of methoxy groups -OCH3 is 1. The Bertz CT molecular complexity index is 578. The molecule has 2 rings (SSSR count). The Labute approximate surface area is 112 Å². The number of hydrogen-bond acceptors (Lipinski definition) is 3. The predicted octanol–water partition coefficient (Wildman–Crippen LogP) is 1.88. The fourth-order valence-electron chi connectivity index (χ4n) is 1.86. The number of hydrogen-bond donors (Lipinski definition) is 2. The van der Waals surface area contributed by atoms with Gasteiger partial charge in [0, 0.05) is 25.5 Å². The van der Waals surface area contributed by atoms with Crippen LogP contribution in [0.5, 0.6) is 5.75 Å². The Balaban J connectivity index is 2.07. The van der Waals surface area contributed by atoms with E-state index in [4.69, 9.17) is 10.5 Å². The predicted molar refractivity (Wildman–Crippen MR) is 74.0 cm³/mol. The molecule has 19 heavy (non-hydrogen) atoms. The minimum atomic E-state index is -0.0977. The van der Waals surface area contributed by atoms with Crippen molar-refractivity contribution in [2.75, 3.05) is 19.9 Å². The molecular formula is C14H17N3O2. The second kappa shape index (κ2) is 5.48. The van der Waals surface area contributed by atoms with E-state index in [1.54, 1.807) is 31.3 Å². The van der Waals surface area contributed by atoms with Gasteiger partial charge >= 0.3 is 0 Å². The molecule has 1 aromatic carbocycles. The molecule has 0 aliphatic rings. The molecule has 1 aromatic heterocycles. The summed E-state index contributed by atoms with van der Waals surface area (Å²) in [7, 11) is 3.37. The minimum absolute atomic E-state index is 0.0977. The summed E-state index contributed by atoms with van der Waals surface area (Å²) in [5.74, 6) is 0.682. The molecule has 5 heteroatoms. The number of nitrogens with one attached hydrogen (secondary N) is 1. The molecule has 0 spiro atoms. The first-order valence-electron chi connectivity index (χ1n) is 5.92. The molecule has 3 N–H and O–H groups in total. The molecule has 5 nitrogen and oxygen atoms in total. The van der Waals surface area contributed by atoms with Gasteiger partial charge in [0.1, 0.15) is 11.4 Å². The number of ether oxygens (including phenoxy) is 1. The smallest absolute Gasteiger partial charge is 0.270 e. The molecule has 0 fully saturated rings. The van der Waals surface area contributed by atoms with Crippen molar-refractivity contribution in [2.24, 2.45) is 0 Å². The van der Waals surface area contributed by atoms with Gasteiger partial charge < -0.3 is 20.4 Å². The topological polar surface area (TPSA) is 71.3 Å². The zero-order valence-corrected chi connectivity index (χ0v) is 11.0. The number of carbonyl (C=O) groups is 1. The number of carbonyl (C=O) groups excluding carboxylic acids is 1. The van der Waals surface area contributed by atoms with Crippen LogP contribution in [0.25, 0.3) is 0 Å². The quantitative estimate of drug-likeness (QED) is 0.880. The van der Waals surface area contributed by atoms with Crippen LogP contribution in [0.4, 0.5) is 5.69 Å². The summed E-state index contributed by atoms with van der Waals surface area (Å²) in [6.45, 7) is 0.509. The number of nitrogens with two attached hydrogens (primary N) is 1. The Hall–Kier alpha value is -2.43. The molecular weight excluding hydrogens is 242 g/mol. The van der Waals surface area contributed by atoms with Gasteiger partial charge in [-0.1, -0.05) is 12.1 Å². The summed E-state index contributed by atoms with van der Waals surface area (Å²) < 4.78 is 5.16. The van der Waals surface area contributed by atoms with E-state index in [1.165, 1.54) is 0 Å². The standard InChI is InChI=1S/C14H17N3O2/c1-17(14(18)13-7-11(15)8-16-13)9-10-4-3-5-12(6-10)19-2/h3-8,16H,9,15H2,1-2H3. The zero-order chi connectivity index (χ0) is 13.8. The van der Waals surface area contributed by atoms with Crippen molar-refractivity contribution in [3.05, 3.63) is 47.8 Å². The number of amides is 1. The summed E-state index contributed by atoms with van der Waals surface area (Å²) in [6, 6.07) is 9.27. The van der Waals surface area contributed by atoms with Crippen LogP contribution in [0.15, 0.2) is 36.5 Å². The lowest BCUT2D eigenvalue weighted by Gasteiger charge is -2.16. The van der Waals surface area contributed by atoms with Crippen molar-refractivity contribution in [1.29, 1.82) is 0 Å². The molecule has 0 bridgehead atoms. The van der Waals surface area contributed by atoms with Crippen molar-refractivity contribution in [2.45, 2.75) is 6.54 Å². The van der Waals surface area contributed by atoms with Crippen LogP contribution in [0.3, 0.4) is 0 Å². The first kappa shape index (κ1) is 13.0. The molecule has 2 aromatic rings. The van der Waals surface area contributed by atoms with Crippen LogP contribution in [0, 0.1) is 0 Å². The van der Waals surface area contributed by atoms with Gasteiger partial charge in [-0.25, -0.2) is 0 Å². The van der Waals surface area contributed by atoms with Gasteiger partial charge in [0.15, 0.2) is 0 Å². The molecule has 0 unspecified atom stereocenters. The monoisotopic (exact) mass is 259 g/mol. The van der Waals surface area contributed by atoms with Crippen LogP contribution in [-0.4, -0.2) is 29.9 Å². The summed E-state index contributed by atoms with van der Waals surface area (Å²) in [5.41, 5.74) is 7.64. The molecule has 0 aliphatic carbocycles. The van der Waals surface area contributed by atoms with Crippen LogP contribution in [-0.2, 0) is 6.54 Å². The van der Waals surface area contributed by atoms with E-state index in [-0.39, 0.29) is 5.91 Å². The third kappa shape index (κ3) is 3.07. The highest BCUT2D eigenvalue weighted by atomic mass is 16.5. The van der Waals surface area contributed by atoms with Crippen molar-refractivity contribution < 1.29 is 9.53 Å². The number of H-pyrrole nitrogens is 1. The van der Waals surface area contributed by atoms with Gasteiger partial charge in [-0.2, -0.15) is 0 Å². The van der Waals surface area contributed by atoms with E-state index in [9.17, 15) is 4.79 Å². The van der Waals surface area contributed by atoms with Crippen LogP contribution in [0.1, 0.15) is 16.1 Å². The number of nitrogens with zero attached hydrogens (tertiary/aromatic N) is 1. The number of rotatable bonds is 4. The summed E-state index contributed by atoms with van der Waals surface area (Å²) >= 11 is 0. The van der Waals surface area contributed by atoms with Crippen LogP contribution >= 0.6 is 0 Å². The summed E-state index contributed by atoms with van der Waals surface area (Å²) in [6.07, 6.45) is 1.60. The van der Waals surface area contributed by atoms with Crippen molar-refractivity contribution in [1.82, 2.24) is 9.88 Å². The third-order valence-electron chi connectivity index (χ3n) is 2.84. The second-order valence-electron chi connectivity index (χ2n) is 4.36. The maximum Gasteiger partial charge on any atom is 0.270 e. The van der Waals surface area contributed by atoms with Crippen LogP contribution < -0.4 is 10.5 Å². The average Bonchev–Trinajstić information content (AvgIpc) is 2.84. The molecule has 0 saturated carbocycles. The van der Waals surface area contributed by atoms with Gasteiger partial charge in [0.05, 0.1) is 7.11 Å². The van der Waals surface area contributed by atoms with E-state index in [1.807, 2.05) is 24.3 Å². The Morgan fingerprint density at radius 2 is 2.21 bits per heavy atom. The normalized spacial score (nSPS) is 10.2. The molecule has 0 radical (unpaired) electrons. The summed E-state index contributed by atoms with van der Waals surface area (Å²) in [5, 5.41) is 0. The SMILES string of the molecule is COc1cccc(CN(C)C(=O)c2cc(N)c[nH]2)c1. The van der Waals surface area contributed by atoms with E-state index in [0.717, 1.165) is 11.3 Å². The summed E-state index contributed by atoms with van der Waals surface area (Å²) in [4.78, 5) is 16.6. The molecule has 0 atom stereocenters. The fourth-order valence-corrected chi connectivity index (χ4v) is 1.86. The van der Waals surface area contributed by atoms with Gasteiger partial charge in [-0.05, 0) is 23.8 Å². The number of nitrogen functional groups attached to an aromatic ring is 1. The maximum absolute atomic E-state index is 12.1. The first-order valence-corrected chi connectivity index (χ1v) is 5.92. The van der Waals surface area contributed by atoms with Crippen molar-refractivity contribution in [3.63, 3.8) is 0 Å². The van der Waals surface area contributed by atoms with E-state index < -0.39 is 0 Å². The van der Waals surface area contributed by atoms with Crippen molar-refractivity contribution >= 4 is 11.6 Å². The van der Waals surface area contributed by atoms with E-state index in [2.05, 4.69) is 4.98 Å². The van der Waals surface area contributed by atoms with Crippen molar-refractivity contribution in [3.8, 4) is 5.75 Å². The van der Waals surface area contributed by atoms with E-state index in [0.29, 0.717) is 17.9 Å². The van der Waals surface area contributed by atoms with E-state index >= 15 is 0 Å². The highest BCUT2D eigenvalue weighted by Crippen LogP contribution is 2.15. The van der Waals surface area contributed by atoms with Gasteiger partial charge in [-0.3, -0.25) is 4.79 Å². The Kier molecular flexibility index (Phi) is 3.75. The number of aromatic nitrogens is 1. The van der Waals surface area contributed by atoms with Gasteiger partial charge in [0.25, 0.3) is 5.91 Å². The van der Waals surface area contributed by atoms with Gasteiger partial charge in [0.2, 0.25) is 0 Å². The lowest BCUT2D eigenvalue weighted by atomic mass is 10.2. The Morgan fingerprint density at radius 3 is 2.84 bits per heavy atom. The minimum Gasteiger partial charge on any atom is -0.497 e. The fraction of sp³-hybridized carbons (Fsp3) is 0.214. The molecule has 0 aliphatic heterocycles. The zero-order valence-electron chi connectivity index (χ0n) is 11.0. The van der Waals surface area contributed by atoms with Gasteiger partial charge in [-0.15, -0.1) is 0 Å². The molecule has 100 valence electrons. The second-order valence-corrected chi connectivity index (χ2v) is 4.36. The van der Waals surface area contributed by atoms with Crippen LogP contribution in [0.2, 0.25) is 0 Å². The first-order chi connectivity index (χ1) is 9.10. The highest BCUT2D eigenvalue weighted by molar-refractivity contribution is 5.93. The maximum atomic E-state index is 12.1. The lowest BCUT2D eigenvalue weighted by molar-refractivity contribution is 0.0780. The highest BCUT2D eigenvalue weighted by Gasteiger charge is 2.13.